The highest BCUT2D eigenvalue weighted by Crippen LogP contribution is 2.39. The van der Waals surface area contributed by atoms with Gasteiger partial charge in [-0.3, -0.25) is 0 Å². The molecule has 0 saturated heterocycles. The first-order valence-electron chi connectivity index (χ1n) is 7.55. The van der Waals surface area contributed by atoms with Crippen LogP contribution in [0.25, 0.3) is 0 Å². The predicted molar refractivity (Wildman–Crippen MR) is 92.2 cm³/mol. The van der Waals surface area contributed by atoms with Gasteiger partial charge in [0.1, 0.15) is 8.07 Å². The lowest BCUT2D eigenvalue weighted by Crippen LogP contribution is -2.37. The summed E-state index contributed by atoms with van der Waals surface area (Å²) in [6.45, 7) is 15.8. The van der Waals surface area contributed by atoms with E-state index >= 15 is 0 Å². The zero-order valence-electron chi connectivity index (χ0n) is 13.8. The van der Waals surface area contributed by atoms with Crippen LogP contribution in [0.2, 0.25) is 19.6 Å². The SMILES string of the molecule is Cc1ccc2c(c1)C(C)(C)CCN2CC#C[Si](C)(C)C. The maximum Gasteiger partial charge on any atom is 0.129 e. The molecule has 108 valence electrons. The van der Waals surface area contributed by atoms with Gasteiger partial charge in [0, 0.05) is 12.2 Å². The fourth-order valence-electron chi connectivity index (χ4n) is 2.70. The Morgan fingerprint density at radius 3 is 2.60 bits per heavy atom. The van der Waals surface area contributed by atoms with Crippen molar-refractivity contribution in [2.24, 2.45) is 0 Å². The highest BCUT2D eigenvalue weighted by atomic mass is 28.3. The van der Waals surface area contributed by atoms with E-state index in [4.69, 9.17) is 0 Å². The second kappa shape index (κ2) is 5.29. The Morgan fingerprint density at radius 1 is 1.25 bits per heavy atom. The Bertz CT molecular complexity index is 555. The molecule has 0 fully saturated rings. The predicted octanol–water partition coefficient (Wildman–Crippen LogP) is 4.36. The van der Waals surface area contributed by atoms with Gasteiger partial charge in [-0.05, 0) is 30.4 Å². The molecule has 1 aliphatic heterocycles. The summed E-state index contributed by atoms with van der Waals surface area (Å²) in [5, 5.41) is 0. The summed E-state index contributed by atoms with van der Waals surface area (Å²) >= 11 is 0. The molecular weight excluding hydrogens is 258 g/mol. The van der Waals surface area contributed by atoms with Crippen molar-refractivity contribution in [3.05, 3.63) is 29.3 Å². The molecule has 0 aromatic heterocycles. The van der Waals surface area contributed by atoms with Gasteiger partial charge in [0.2, 0.25) is 0 Å². The van der Waals surface area contributed by atoms with Crippen LogP contribution in [0.5, 0.6) is 0 Å². The van der Waals surface area contributed by atoms with Crippen LogP contribution < -0.4 is 4.90 Å². The van der Waals surface area contributed by atoms with Crippen molar-refractivity contribution in [2.75, 3.05) is 18.0 Å². The summed E-state index contributed by atoms with van der Waals surface area (Å²) in [5.41, 5.74) is 7.99. The first-order valence-corrected chi connectivity index (χ1v) is 11.1. The van der Waals surface area contributed by atoms with Gasteiger partial charge in [0.05, 0.1) is 6.54 Å². The monoisotopic (exact) mass is 285 g/mol. The lowest BCUT2D eigenvalue weighted by Gasteiger charge is -2.39. The molecule has 1 aromatic carbocycles. The summed E-state index contributed by atoms with van der Waals surface area (Å²) in [4.78, 5) is 2.45. The first kappa shape index (κ1) is 15.2. The molecular formula is C18H27NSi. The van der Waals surface area contributed by atoms with E-state index in [-0.39, 0.29) is 5.41 Å². The van der Waals surface area contributed by atoms with Crippen LogP contribution in [0.4, 0.5) is 5.69 Å². The third kappa shape index (κ3) is 3.46. The minimum atomic E-state index is -1.26. The van der Waals surface area contributed by atoms with E-state index in [1.54, 1.807) is 0 Å². The summed E-state index contributed by atoms with van der Waals surface area (Å²) in [6.07, 6.45) is 1.21. The Morgan fingerprint density at radius 2 is 1.95 bits per heavy atom. The Labute approximate surface area is 125 Å². The van der Waals surface area contributed by atoms with Crippen LogP contribution in [0.1, 0.15) is 31.4 Å². The molecule has 0 radical (unpaired) electrons. The van der Waals surface area contributed by atoms with Crippen LogP contribution in [-0.4, -0.2) is 21.2 Å². The van der Waals surface area contributed by atoms with Gasteiger partial charge in [-0.1, -0.05) is 57.1 Å². The molecule has 1 nitrogen and oxygen atoms in total. The Balaban J connectivity index is 2.28. The highest BCUT2D eigenvalue weighted by Gasteiger charge is 2.30. The molecule has 2 heteroatoms. The van der Waals surface area contributed by atoms with Crippen molar-refractivity contribution in [2.45, 2.75) is 52.2 Å². The van der Waals surface area contributed by atoms with E-state index in [0.29, 0.717) is 0 Å². The van der Waals surface area contributed by atoms with Gasteiger partial charge in [0.25, 0.3) is 0 Å². The van der Waals surface area contributed by atoms with Gasteiger partial charge in [-0.15, -0.1) is 5.54 Å². The molecule has 0 atom stereocenters. The van der Waals surface area contributed by atoms with E-state index in [1.165, 1.54) is 23.2 Å². The van der Waals surface area contributed by atoms with Crippen molar-refractivity contribution in [1.82, 2.24) is 0 Å². The zero-order chi connectivity index (χ0) is 15.0. The molecule has 20 heavy (non-hydrogen) atoms. The van der Waals surface area contributed by atoms with Crippen molar-refractivity contribution in [3.8, 4) is 11.5 Å². The molecule has 0 N–H and O–H groups in total. The van der Waals surface area contributed by atoms with Gasteiger partial charge >= 0.3 is 0 Å². The minimum Gasteiger partial charge on any atom is -0.360 e. The lowest BCUT2D eigenvalue weighted by atomic mass is 9.77. The van der Waals surface area contributed by atoms with Crippen LogP contribution in [0, 0.1) is 18.4 Å². The van der Waals surface area contributed by atoms with Gasteiger partial charge < -0.3 is 4.90 Å². The average Bonchev–Trinajstić information content (AvgIpc) is 2.31. The normalized spacial score (nSPS) is 17.2. The fourth-order valence-corrected chi connectivity index (χ4v) is 3.31. The number of benzene rings is 1. The summed E-state index contributed by atoms with van der Waals surface area (Å²) in [7, 11) is -1.26. The van der Waals surface area contributed by atoms with E-state index in [1.807, 2.05) is 0 Å². The molecule has 1 aromatic rings. The largest absolute Gasteiger partial charge is 0.360 e. The van der Waals surface area contributed by atoms with Gasteiger partial charge in [-0.25, -0.2) is 0 Å². The number of fused-ring (bicyclic) bond motifs is 1. The van der Waals surface area contributed by atoms with Crippen molar-refractivity contribution in [3.63, 3.8) is 0 Å². The minimum absolute atomic E-state index is 0.282. The molecule has 1 aliphatic rings. The van der Waals surface area contributed by atoms with E-state index in [9.17, 15) is 0 Å². The molecule has 0 unspecified atom stereocenters. The maximum atomic E-state index is 3.48. The maximum absolute atomic E-state index is 3.48. The summed E-state index contributed by atoms with van der Waals surface area (Å²) in [6, 6.07) is 6.86. The molecule has 1 heterocycles. The van der Waals surface area contributed by atoms with Crippen LogP contribution in [0.3, 0.4) is 0 Å². The quantitative estimate of drug-likeness (QED) is 0.547. The Kier molecular flexibility index (Phi) is 4.02. The second-order valence-corrected chi connectivity index (χ2v) is 12.4. The van der Waals surface area contributed by atoms with E-state index in [0.717, 1.165) is 13.1 Å². The molecule has 0 amide bonds. The number of aryl methyl sites for hydroxylation is 1. The third-order valence-corrected chi connectivity index (χ3v) is 4.89. The fraction of sp³-hybridized carbons (Fsp3) is 0.556. The number of rotatable bonds is 1. The molecule has 0 aliphatic carbocycles. The van der Waals surface area contributed by atoms with Crippen LogP contribution in [-0.2, 0) is 5.41 Å². The lowest BCUT2D eigenvalue weighted by molar-refractivity contribution is 0.458. The van der Waals surface area contributed by atoms with Crippen molar-refractivity contribution < 1.29 is 0 Å². The molecule has 2 rings (SSSR count). The smallest absolute Gasteiger partial charge is 0.129 e. The number of nitrogens with zero attached hydrogens (tertiary/aromatic N) is 1. The van der Waals surface area contributed by atoms with Crippen molar-refractivity contribution >= 4 is 13.8 Å². The zero-order valence-corrected chi connectivity index (χ0v) is 14.8. The van der Waals surface area contributed by atoms with Gasteiger partial charge in [-0.2, -0.15) is 0 Å². The van der Waals surface area contributed by atoms with Crippen molar-refractivity contribution in [1.29, 1.82) is 0 Å². The number of hydrogen-bond donors (Lipinski definition) is 0. The van der Waals surface area contributed by atoms with Crippen LogP contribution >= 0.6 is 0 Å². The van der Waals surface area contributed by atoms with Gasteiger partial charge in [0.15, 0.2) is 0 Å². The standard InChI is InChI=1S/C18H27NSi/c1-15-8-9-17-16(14-15)18(2,3)10-12-19(17)11-7-13-20(4,5)6/h8-9,14H,10-12H2,1-6H3. The number of hydrogen-bond acceptors (Lipinski definition) is 1. The molecule has 0 bridgehead atoms. The Hall–Kier alpha value is -1.20. The second-order valence-electron chi connectivity index (χ2n) is 7.63. The van der Waals surface area contributed by atoms with Crippen LogP contribution in [0.15, 0.2) is 18.2 Å². The first-order chi connectivity index (χ1) is 9.19. The highest BCUT2D eigenvalue weighted by molar-refractivity contribution is 6.83. The molecule has 0 spiro atoms. The van der Waals surface area contributed by atoms with E-state index in [2.05, 4.69) is 75.0 Å². The topological polar surface area (TPSA) is 3.24 Å². The summed E-state index contributed by atoms with van der Waals surface area (Å²) in [5.74, 6) is 3.42. The number of anilines is 1. The molecule has 0 saturated carbocycles. The van der Waals surface area contributed by atoms with E-state index < -0.39 is 8.07 Å². The summed E-state index contributed by atoms with van der Waals surface area (Å²) < 4.78 is 0. The third-order valence-electron chi connectivity index (χ3n) is 3.96. The average molecular weight is 286 g/mol.